The zero-order valence-electron chi connectivity index (χ0n) is 23.0. The second-order valence-corrected chi connectivity index (χ2v) is 12.6. The number of ether oxygens (including phenoxy) is 1. The molecule has 2 bridgehead atoms. The van der Waals surface area contributed by atoms with Crippen molar-refractivity contribution >= 4 is 39.1 Å². The molecule has 8 nitrogen and oxygen atoms in total. The van der Waals surface area contributed by atoms with Gasteiger partial charge in [-0.2, -0.15) is 9.97 Å². The van der Waals surface area contributed by atoms with Gasteiger partial charge in [0.05, 0.1) is 15.9 Å². The van der Waals surface area contributed by atoms with Crippen molar-refractivity contribution in [3.05, 3.63) is 47.1 Å². The van der Waals surface area contributed by atoms with Crippen molar-refractivity contribution in [3.63, 3.8) is 0 Å². The number of hydrogen-bond donors (Lipinski definition) is 2. The number of halogens is 3. The number of piperazine rings is 1. The van der Waals surface area contributed by atoms with Crippen molar-refractivity contribution in [2.75, 3.05) is 37.7 Å². The van der Waals surface area contributed by atoms with Crippen molar-refractivity contribution in [1.82, 2.24) is 25.2 Å². The fraction of sp³-hybridized carbons (Fsp3) is 0.452. The maximum absolute atomic E-state index is 16.6. The van der Waals surface area contributed by atoms with E-state index in [2.05, 4.69) is 25.1 Å². The van der Waals surface area contributed by atoms with Crippen molar-refractivity contribution in [3.8, 4) is 23.0 Å². The Kier molecular flexibility index (Phi) is 6.17. The largest absolute Gasteiger partial charge is 0.508 e. The molecule has 4 aliphatic heterocycles. The quantitative estimate of drug-likeness (QED) is 0.317. The van der Waals surface area contributed by atoms with E-state index in [1.54, 1.807) is 6.20 Å². The number of anilines is 1. The SMILES string of the molecule is Oc1cc(-c2ncc3c(N4CC5CCC(C4)N5)nc(OCC45CCCN4CCC5)nc3c2F)c2c(Cl)c(F)ccc2c1. The fourth-order valence-electron chi connectivity index (χ4n) is 7.71. The number of rotatable bonds is 5. The Balaban J connectivity index is 1.27. The highest BCUT2D eigenvalue weighted by atomic mass is 35.5. The summed E-state index contributed by atoms with van der Waals surface area (Å²) in [7, 11) is 0. The Bertz CT molecular complexity index is 1720. The lowest BCUT2D eigenvalue weighted by Gasteiger charge is -2.34. The summed E-state index contributed by atoms with van der Waals surface area (Å²) in [4.78, 5) is 18.6. The lowest BCUT2D eigenvalue weighted by Crippen LogP contribution is -2.51. The summed E-state index contributed by atoms with van der Waals surface area (Å²) in [6, 6.07) is 6.35. The zero-order chi connectivity index (χ0) is 28.6. The van der Waals surface area contributed by atoms with Gasteiger partial charge in [0.1, 0.15) is 35.2 Å². The van der Waals surface area contributed by atoms with Gasteiger partial charge in [-0.3, -0.25) is 9.88 Å². The minimum absolute atomic E-state index is 0.0180. The summed E-state index contributed by atoms with van der Waals surface area (Å²) in [5.74, 6) is -0.850. The molecule has 2 aromatic carbocycles. The topological polar surface area (TPSA) is 86.6 Å². The van der Waals surface area contributed by atoms with Crippen LogP contribution in [0.4, 0.5) is 14.6 Å². The van der Waals surface area contributed by atoms with E-state index >= 15 is 4.39 Å². The van der Waals surface area contributed by atoms with E-state index in [-0.39, 0.29) is 44.5 Å². The monoisotopic (exact) mass is 592 g/mol. The van der Waals surface area contributed by atoms with Crippen LogP contribution in [-0.2, 0) is 0 Å². The molecule has 8 rings (SSSR count). The molecule has 218 valence electrons. The first-order chi connectivity index (χ1) is 20.4. The lowest BCUT2D eigenvalue weighted by molar-refractivity contribution is 0.108. The Hall–Kier alpha value is -3.34. The van der Waals surface area contributed by atoms with Gasteiger partial charge in [0.25, 0.3) is 0 Å². The molecule has 2 unspecified atom stereocenters. The average Bonchev–Trinajstić information content (AvgIpc) is 3.67. The van der Waals surface area contributed by atoms with Crippen molar-refractivity contribution < 1.29 is 18.6 Å². The minimum Gasteiger partial charge on any atom is -0.508 e. The molecule has 0 aliphatic carbocycles. The molecule has 2 N–H and O–H groups in total. The van der Waals surface area contributed by atoms with E-state index in [1.807, 2.05) is 0 Å². The van der Waals surface area contributed by atoms with Crippen LogP contribution in [-0.4, -0.2) is 75.4 Å². The van der Waals surface area contributed by atoms with Crippen LogP contribution in [0.3, 0.4) is 0 Å². The van der Waals surface area contributed by atoms with E-state index in [0.717, 1.165) is 64.7 Å². The first-order valence-corrected chi connectivity index (χ1v) is 15.1. The van der Waals surface area contributed by atoms with Crippen LogP contribution in [0.15, 0.2) is 30.5 Å². The number of phenolic OH excluding ortho intramolecular Hbond substituents is 1. The molecular weight excluding hydrogens is 562 g/mol. The number of hydrogen-bond acceptors (Lipinski definition) is 8. The van der Waals surface area contributed by atoms with Crippen LogP contribution in [0.1, 0.15) is 38.5 Å². The average molecular weight is 593 g/mol. The fourth-order valence-corrected chi connectivity index (χ4v) is 7.99. The smallest absolute Gasteiger partial charge is 0.319 e. The molecule has 0 amide bonds. The van der Waals surface area contributed by atoms with E-state index in [1.165, 1.54) is 24.3 Å². The van der Waals surface area contributed by atoms with E-state index < -0.39 is 11.6 Å². The molecular formula is C31H31ClF2N6O2. The Morgan fingerprint density at radius 1 is 1.07 bits per heavy atom. The molecule has 4 aliphatic rings. The maximum atomic E-state index is 16.6. The summed E-state index contributed by atoms with van der Waals surface area (Å²) in [5, 5.41) is 15.1. The molecule has 4 aromatic rings. The number of aromatic hydroxyl groups is 1. The summed E-state index contributed by atoms with van der Waals surface area (Å²) in [6.45, 7) is 4.09. The van der Waals surface area contributed by atoms with E-state index in [9.17, 15) is 9.50 Å². The normalized spacial score (nSPS) is 23.3. The van der Waals surface area contributed by atoms with Gasteiger partial charge in [-0.05, 0) is 75.2 Å². The highest BCUT2D eigenvalue weighted by Gasteiger charge is 2.45. The van der Waals surface area contributed by atoms with Crippen LogP contribution < -0.4 is 15.0 Å². The van der Waals surface area contributed by atoms with Gasteiger partial charge in [0.2, 0.25) is 0 Å². The van der Waals surface area contributed by atoms with Crippen LogP contribution in [0.25, 0.3) is 32.9 Å². The zero-order valence-corrected chi connectivity index (χ0v) is 23.8. The summed E-state index contributed by atoms with van der Waals surface area (Å²) < 4.78 is 37.5. The molecule has 0 radical (unpaired) electrons. The Labute approximate surface area is 246 Å². The van der Waals surface area contributed by atoms with Crippen LogP contribution >= 0.6 is 11.6 Å². The standard InChI is InChI=1S/C31H31ClF2N6O2/c32-25-23(33)6-3-17-11-20(41)12-21(24(17)25)27-26(34)28-22(13-35-27)29(39-14-18-4-5-19(15-39)36-18)38-30(37-28)42-16-31-7-1-9-40(31)10-2-8-31/h3,6,11-13,18-19,36,41H,1-2,4-5,7-10,14-16H2. The van der Waals surface area contributed by atoms with E-state index in [0.29, 0.717) is 35.3 Å². The number of nitrogens with one attached hydrogen (secondary N) is 1. The molecule has 0 saturated carbocycles. The first kappa shape index (κ1) is 26.3. The number of pyridine rings is 1. The highest BCUT2D eigenvalue weighted by molar-refractivity contribution is 6.37. The van der Waals surface area contributed by atoms with Gasteiger partial charge in [-0.25, -0.2) is 8.78 Å². The van der Waals surface area contributed by atoms with Crippen LogP contribution in [0, 0.1) is 11.6 Å². The third-order valence-corrected chi connectivity index (χ3v) is 10.1. The van der Waals surface area contributed by atoms with Crippen molar-refractivity contribution in [1.29, 1.82) is 0 Å². The maximum Gasteiger partial charge on any atom is 0.319 e. The molecule has 2 aromatic heterocycles. The van der Waals surface area contributed by atoms with Gasteiger partial charge >= 0.3 is 6.01 Å². The molecule has 4 fully saturated rings. The van der Waals surface area contributed by atoms with Gasteiger partial charge in [-0.15, -0.1) is 0 Å². The first-order valence-electron chi connectivity index (χ1n) is 14.7. The third-order valence-electron chi connectivity index (χ3n) is 9.69. The summed E-state index contributed by atoms with van der Waals surface area (Å²) >= 11 is 6.37. The third kappa shape index (κ3) is 4.18. The van der Waals surface area contributed by atoms with E-state index in [4.69, 9.17) is 21.3 Å². The van der Waals surface area contributed by atoms with Gasteiger partial charge < -0.3 is 20.1 Å². The van der Waals surface area contributed by atoms with Gasteiger partial charge in [0.15, 0.2) is 5.82 Å². The van der Waals surface area contributed by atoms with Gasteiger partial charge in [0, 0.05) is 42.3 Å². The number of phenols is 1. The molecule has 11 heteroatoms. The summed E-state index contributed by atoms with van der Waals surface area (Å²) in [5.41, 5.74) is 0.157. The predicted octanol–water partition coefficient (Wildman–Crippen LogP) is 5.43. The van der Waals surface area contributed by atoms with Gasteiger partial charge in [-0.1, -0.05) is 17.7 Å². The number of aromatic nitrogens is 3. The molecule has 4 saturated heterocycles. The Morgan fingerprint density at radius 2 is 1.83 bits per heavy atom. The van der Waals surface area contributed by atoms with Crippen LogP contribution in [0.2, 0.25) is 5.02 Å². The number of fused-ring (bicyclic) bond motifs is 5. The number of benzene rings is 2. The predicted molar refractivity (Wildman–Crippen MR) is 157 cm³/mol. The molecule has 0 spiro atoms. The second-order valence-electron chi connectivity index (χ2n) is 12.2. The van der Waals surface area contributed by atoms with Crippen molar-refractivity contribution in [2.45, 2.75) is 56.1 Å². The van der Waals surface area contributed by atoms with Crippen molar-refractivity contribution in [2.24, 2.45) is 0 Å². The highest BCUT2D eigenvalue weighted by Crippen LogP contribution is 2.42. The molecule has 2 atom stereocenters. The van der Waals surface area contributed by atoms with Crippen LogP contribution in [0.5, 0.6) is 11.8 Å². The Morgan fingerprint density at radius 3 is 2.60 bits per heavy atom. The summed E-state index contributed by atoms with van der Waals surface area (Å²) in [6.07, 6.45) is 8.16. The molecule has 6 heterocycles. The minimum atomic E-state index is -0.701. The molecule has 42 heavy (non-hydrogen) atoms. The number of nitrogens with zero attached hydrogens (tertiary/aromatic N) is 5. The second kappa shape index (κ2) is 9.86. The lowest BCUT2D eigenvalue weighted by atomic mass is 9.95.